The van der Waals surface area contributed by atoms with Crippen LogP contribution in [0.15, 0.2) is 48.8 Å². The fourth-order valence-electron chi connectivity index (χ4n) is 1.96. The number of nitrogens with two attached hydrogens (primary N) is 1. The van der Waals surface area contributed by atoms with Crippen LogP contribution in [-0.2, 0) is 6.61 Å². The van der Waals surface area contributed by atoms with Crippen LogP contribution in [0.2, 0.25) is 0 Å². The Bertz CT molecular complexity index is 720. The van der Waals surface area contributed by atoms with Crippen molar-refractivity contribution in [3.63, 3.8) is 0 Å². The molecule has 2 heterocycles. The van der Waals surface area contributed by atoms with Crippen molar-refractivity contribution in [3.05, 3.63) is 54.5 Å². The van der Waals surface area contributed by atoms with Gasteiger partial charge in [0.25, 0.3) is 0 Å². The van der Waals surface area contributed by atoms with Crippen LogP contribution in [0, 0.1) is 0 Å². The average molecular weight is 269 g/mol. The minimum atomic E-state index is 0.411. The van der Waals surface area contributed by atoms with E-state index in [9.17, 15) is 0 Å². The molecule has 2 aromatic heterocycles. The summed E-state index contributed by atoms with van der Waals surface area (Å²) < 4.78 is 12.7. The van der Waals surface area contributed by atoms with Crippen molar-refractivity contribution in [1.82, 2.24) is 9.38 Å². The van der Waals surface area contributed by atoms with Crippen molar-refractivity contribution in [2.24, 2.45) is 0 Å². The molecule has 0 amide bonds. The highest BCUT2D eigenvalue weighted by Gasteiger charge is 2.03. The Labute approximate surface area is 116 Å². The Morgan fingerprint density at radius 2 is 1.80 bits per heavy atom. The number of fused-ring (bicyclic) bond motifs is 1. The fourth-order valence-corrected chi connectivity index (χ4v) is 1.96. The molecule has 0 radical (unpaired) electrons. The third-order valence-corrected chi connectivity index (χ3v) is 2.97. The van der Waals surface area contributed by atoms with Gasteiger partial charge >= 0.3 is 0 Å². The lowest BCUT2D eigenvalue weighted by Gasteiger charge is -2.04. The zero-order chi connectivity index (χ0) is 13.9. The number of rotatable bonds is 4. The van der Waals surface area contributed by atoms with Gasteiger partial charge in [0.1, 0.15) is 23.8 Å². The van der Waals surface area contributed by atoms with Gasteiger partial charge in [-0.25, -0.2) is 4.98 Å². The van der Waals surface area contributed by atoms with Gasteiger partial charge < -0.3 is 19.6 Å². The Kier molecular flexibility index (Phi) is 3.16. The average Bonchev–Trinajstić information content (AvgIpc) is 2.87. The molecule has 3 rings (SSSR count). The van der Waals surface area contributed by atoms with E-state index < -0.39 is 0 Å². The molecule has 0 spiro atoms. The van der Waals surface area contributed by atoms with E-state index >= 15 is 0 Å². The zero-order valence-corrected chi connectivity index (χ0v) is 11.1. The zero-order valence-electron chi connectivity index (χ0n) is 11.1. The Balaban J connectivity index is 1.72. The number of aromatic nitrogens is 2. The predicted octanol–water partition coefficient (Wildman–Crippen LogP) is 2.50. The maximum atomic E-state index is 5.73. The third-order valence-electron chi connectivity index (χ3n) is 2.97. The Hall–Kier alpha value is -2.69. The highest BCUT2D eigenvalue weighted by atomic mass is 16.5. The summed E-state index contributed by atoms with van der Waals surface area (Å²) in [6.07, 6.45) is 3.74. The second-order valence-electron chi connectivity index (χ2n) is 4.42. The SMILES string of the molecule is COc1ccc(OCc2cn3cc(N)ccc3n2)cc1. The van der Waals surface area contributed by atoms with Crippen molar-refractivity contribution in [2.45, 2.75) is 6.61 Å². The molecule has 0 unspecified atom stereocenters. The van der Waals surface area contributed by atoms with Gasteiger partial charge in [-0.1, -0.05) is 0 Å². The normalized spacial score (nSPS) is 10.7. The number of anilines is 1. The van der Waals surface area contributed by atoms with E-state index in [1.54, 1.807) is 7.11 Å². The lowest BCUT2D eigenvalue weighted by molar-refractivity contribution is 0.301. The Morgan fingerprint density at radius 3 is 2.55 bits per heavy atom. The molecule has 0 fully saturated rings. The minimum absolute atomic E-state index is 0.411. The highest BCUT2D eigenvalue weighted by Crippen LogP contribution is 2.18. The number of hydrogen-bond donors (Lipinski definition) is 1. The van der Waals surface area contributed by atoms with E-state index in [0.717, 1.165) is 22.8 Å². The molecule has 3 aromatic rings. The van der Waals surface area contributed by atoms with Crippen LogP contribution in [-0.4, -0.2) is 16.5 Å². The van der Waals surface area contributed by atoms with E-state index in [1.165, 1.54) is 0 Å². The van der Waals surface area contributed by atoms with Crippen LogP contribution in [0.1, 0.15) is 5.69 Å². The molecule has 0 aliphatic heterocycles. The first-order valence-corrected chi connectivity index (χ1v) is 6.24. The summed E-state index contributed by atoms with van der Waals surface area (Å²) in [4.78, 5) is 4.46. The van der Waals surface area contributed by atoms with Crippen LogP contribution in [0.5, 0.6) is 11.5 Å². The molecule has 0 aliphatic carbocycles. The van der Waals surface area contributed by atoms with E-state index in [0.29, 0.717) is 12.3 Å². The minimum Gasteiger partial charge on any atom is -0.497 e. The van der Waals surface area contributed by atoms with Gasteiger partial charge in [0.15, 0.2) is 0 Å². The second kappa shape index (κ2) is 5.13. The van der Waals surface area contributed by atoms with E-state index in [1.807, 2.05) is 53.2 Å². The number of ether oxygens (including phenoxy) is 2. The smallest absolute Gasteiger partial charge is 0.137 e. The monoisotopic (exact) mass is 269 g/mol. The number of imidazole rings is 1. The van der Waals surface area contributed by atoms with Gasteiger partial charge in [-0.05, 0) is 36.4 Å². The molecule has 0 saturated carbocycles. The number of nitrogen functional groups attached to an aromatic ring is 1. The topological polar surface area (TPSA) is 61.8 Å². The number of benzene rings is 1. The van der Waals surface area contributed by atoms with Crippen LogP contribution in [0.25, 0.3) is 5.65 Å². The summed E-state index contributed by atoms with van der Waals surface area (Å²) in [5.74, 6) is 1.59. The molecule has 2 N–H and O–H groups in total. The van der Waals surface area contributed by atoms with Crippen LogP contribution < -0.4 is 15.2 Å². The summed E-state index contributed by atoms with van der Waals surface area (Å²) in [6.45, 7) is 0.411. The molecule has 0 bridgehead atoms. The van der Waals surface area contributed by atoms with E-state index in [-0.39, 0.29) is 0 Å². The highest BCUT2D eigenvalue weighted by molar-refractivity contribution is 5.48. The number of methoxy groups -OCH3 is 1. The van der Waals surface area contributed by atoms with Crippen LogP contribution in [0.3, 0.4) is 0 Å². The summed E-state index contributed by atoms with van der Waals surface area (Å²) in [5.41, 5.74) is 8.15. The first-order chi connectivity index (χ1) is 9.74. The van der Waals surface area contributed by atoms with Gasteiger partial charge in [0.05, 0.1) is 12.8 Å². The first kappa shape index (κ1) is 12.3. The summed E-state index contributed by atoms with van der Waals surface area (Å²) in [7, 11) is 1.64. The summed E-state index contributed by atoms with van der Waals surface area (Å²) in [6, 6.07) is 11.2. The van der Waals surface area contributed by atoms with E-state index in [2.05, 4.69) is 4.98 Å². The quantitative estimate of drug-likeness (QED) is 0.790. The third kappa shape index (κ3) is 2.51. The largest absolute Gasteiger partial charge is 0.497 e. The lowest BCUT2D eigenvalue weighted by Crippen LogP contribution is -1.95. The van der Waals surface area contributed by atoms with Crippen LogP contribution in [0.4, 0.5) is 5.69 Å². The van der Waals surface area contributed by atoms with Crippen LogP contribution >= 0.6 is 0 Å². The summed E-state index contributed by atoms with van der Waals surface area (Å²) >= 11 is 0. The molecular formula is C15H15N3O2. The van der Waals surface area contributed by atoms with Gasteiger partial charge in [-0.15, -0.1) is 0 Å². The molecule has 0 saturated heterocycles. The van der Waals surface area contributed by atoms with Gasteiger partial charge in [-0.3, -0.25) is 0 Å². The van der Waals surface area contributed by atoms with E-state index in [4.69, 9.17) is 15.2 Å². The standard InChI is InChI=1S/C15H15N3O2/c1-19-13-3-5-14(6-4-13)20-10-12-9-18-8-11(16)2-7-15(18)17-12/h2-9H,10,16H2,1H3. The number of hydrogen-bond acceptors (Lipinski definition) is 4. The maximum absolute atomic E-state index is 5.73. The van der Waals surface area contributed by atoms with Gasteiger partial charge in [0, 0.05) is 18.1 Å². The molecule has 0 aliphatic rings. The fraction of sp³-hybridized carbons (Fsp3) is 0.133. The number of nitrogens with zero attached hydrogens (tertiary/aromatic N) is 2. The molecule has 1 aromatic carbocycles. The van der Waals surface area contributed by atoms with Gasteiger partial charge in [-0.2, -0.15) is 0 Å². The first-order valence-electron chi connectivity index (χ1n) is 6.24. The predicted molar refractivity (Wildman–Crippen MR) is 76.9 cm³/mol. The Morgan fingerprint density at radius 1 is 1.05 bits per heavy atom. The molecule has 5 heteroatoms. The lowest BCUT2D eigenvalue weighted by atomic mass is 10.3. The van der Waals surface area contributed by atoms with Gasteiger partial charge in [0.2, 0.25) is 0 Å². The van der Waals surface area contributed by atoms with Crippen molar-refractivity contribution < 1.29 is 9.47 Å². The number of pyridine rings is 1. The molecule has 5 nitrogen and oxygen atoms in total. The second-order valence-corrected chi connectivity index (χ2v) is 4.42. The summed E-state index contributed by atoms with van der Waals surface area (Å²) in [5, 5.41) is 0. The molecular weight excluding hydrogens is 254 g/mol. The van der Waals surface area contributed by atoms with Crippen molar-refractivity contribution in [1.29, 1.82) is 0 Å². The molecule has 102 valence electrons. The van der Waals surface area contributed by atoms with Crippen molar-refractivity contribution in [2.75, 3.05) is 12.8 Å². The van der Waals surface area contributed by atoms with Crippen molar-refractivity contribution >= 4 is 11.3 Å². The molecule has 0 atom stereocenters. The molecule has 20 heavy (non-hydrogen) atoms. The van der Waals surface area contributed by atoms with Crippen molar-refractivity contribution in [3.8, 4) is 11.5 Å². The maximum Gasteiger partial charge on any atom is 0.137 e.